The maximum atomic E-state index is 4.61. The van der Waals surface area contributed by atoms with Crippen molar-refractivity contribution in [1.82, 2.24) is 10.3 Å². The Hall–Kier alpha value is -1.15. The molecule has 1 aromatic heterocycles. The van der Waals surface area contributed by atoms with Crippen LogP contribution >= 0.6 is 0 Å². The topological polar surface area (TPSA) is 24.9 Å². The van der Waals surface area contributed by atoms with Crippen molar-refractivity contribution in [1.29, 1.82) is 0 Å². The maximum Gasteiger partial charge on any atom is 0.0473 e. The van der Waals surface area contributed by atoms with Crippen LogP contribution in [0.1, 0.15) is 50.8 Å². The second-order valence-electron chi connectivity index (χ2n) is 6.11. The van der Waals surface area contributed by atoms with Gasteiger partial charge in [0.1, 0.15) is 0 Å². The summed E-state index contributed by atoms with van der Waals surface area (Å²) in [5, 5.41) is 3.54. The average molecular weight is 244 g/mol. The molecular weight excluding hydrogens is 220 g/mol. The Morgan fingerprint density at radius 1 is 1.28 bits per heavy atom. The first kappa shape index (κ1) is 13.3. The van der Waals surface area contributed by atoms with E-state index >= 15 is 0 Å². The van der Waals surface area contributed by atoms with Crippen LogP contribution in [0.15, 0.2) is 30.5 Å². The third kappa shape index (κ3) is 3.67. The Morgan fingerprint density at radius 3 is 2.67 bits per heavy atom. The monoisotopic (exact) mass is 244 g/mol. The van der Waals surface area contributed by atoms with Gasteiger partial charge in [-0.15, -0.1) is 0 Å². The van der Waals surface area contributed by atoms with Gasteiger partial charge in [-0.05, 0) is 58.2 Å². The number of hydrogen-bond donors (Lipinski definition) is 1. The Balaban J connectivity index is 1.99. The molecule has 18 heavy (non-hydrogen) atoms. The van der Waals surface area contributed by atoms with Gasteiger partial charge in [-0.25, -0.2) is 0 Å². The number of allylic oxidation sites excluding steroid dienone is 2. The lowest BCUT2D eigenvalue weighted by Gasteiger charge is -2.21. The minimum absolute atomic E-state index is 0.192. The summed E-state index contributed by atoms with van der Waals surface area (Å²) in [5.74, 6) is 0.607. The molecule has 0 aliphatic heterocycles. The van der Waals surface area contributed by atoms with E-state index < -0.39 is 0 Å². The summed E-state index contributed by atoms with van der Waals surface area (Å²) >= 11 is 0. The van der Waals surface area contributed by atoms with E-state index in [4.69, 9.17) is 0 Å². The van der Waals surface area contributed by atoms with E-state index in [1.807, 2.05) is 6.20 Å². The minimum atomic E-state index is 0.192. The van der Waals surface area contributed by atoms with Crippen LogP contribution < -0.4 is 5.32 Å². The summed E-state index contributed by atoms with van der Waals surface area (Å²) in [5.41, 5.74) is 2.90. The highest BCUT2D eigenvalue weighted by molar-refractivity contribution is 5.26. The van der Waals surface area contributed by atoms with E-state index in [2.05, 4.69) is 55.4 Å². The van der Waals surface area contributed by atoms with Crippen LogP contribution in [0.3, 0.4) is 0 Å². The average Bonchev–Trinajstić information content (AvgIpc) is 2.81. The van der Waals surface area contributed by atoms with Gasteiger partial charge in [0, 0.05) is 23.3 Å². The number of nitrogens with one attached hydrogen (secondary N) is 1. The highest BCUT2D eigenvalue weighted by Gasteiger charge is 2.17. The lowest BCUT2D eigenvalue weighted by atomic mass is 9.96. The van der Waals surface area contributed by atoms with Crippen LogP contribution in [0.2, 0.25) is 0 Å². The molecule has 2 heteroatoms. The third-order valence-electron chi connectivity index (χ3n) is 3.37. The molecule has 98 valence electrons. The zero-order valence-corrected chi connectivity index (χ0v) is 11.7. The smallest absolute Gasteiger partial charge is 0.0473 e. The zero-order chi connectivity index (χ0) is 13.0. The first-order valence-corrected chi connectivity index (χ1v) is 6.90. The molecule has 0 fully saturated rings. The molecule has 2 nitrogen and oxygen atoms in total. The summed E-state index contributed by atoms with van der Waals surface area (Å²) < 4.78 is 0. The molecule has 0 unspecified atom stereocenters. The van der Waals surface area contributed by atoms with Crippen molar-refractivity contribution in [3.8, 4) is 0 Å². The second kappa shape index (κ2) is 5.66. The van der Waals surface area contributed by atoms with Crippen molar-refractivity contribution in [2.75, 3.05) is 6.54 Å². The van der Waals surface area contributed by atoms with E-state index in [0.29, 0.717) is 5.92 Å². The molecule has 0 spiro atoms. The zero-order valence-electron chi connectivity index (χ0n) is 11.7. The molecule has 0 aromatic carbocycles. The highest BCUT2D eigenvalue weighted by Crippen LogP contribution is 2.30. The van der Waals surface area contributed by atoms with Crippen molar-refractivity contribution in [2.24, 2.45) is 0 Å². The predicted octanol–water partition coefficient (Wildman–Crippen LogP) is 3.45. The van der Waals surface area contributed by atoms with Crippen LogP contribution in [0.4, 0.5) is 0 Å². The fraction of sp³-hybridized carbons (Fsp3) is 0.562. The summed E-state index contributed by atoms with van der Waals surface area (Å²) in [6.45, 7) is 7.64. The highest BCUT2D eigenvalue weighted by atomic mass is 14.9. The van der Waals surface area contributed by atoms with Gasteiger partial charge in [-0.3, -0.25) is 4.98 Å². The summed E-state index contributed by atoms with van der Waals surface area (Å²) in [6, 6.07) is 4.28. The molecule has 0 saturated carbocycles. The van der Waals surface area contributed by atoms with E-state index in [0.717, 1.165) is 25.8 Å². The molecule has 1 aliphatic carbocycles. The largest absolute Gasteiger partial charge is 0.312 e. The van der Waals surface area contributed by atoms with Crippen LogP contribution in [0.5, 0.6) is 0 Å². The number of nitrogens with zero attached hydrogens (tertiary/aromatic N) is 1. The quantitative estimate of drug-likeness (QED) is 0.821. The molecule has 1 aromatic rings. The van der Waals surface area contributed by atoms with Crippen LogP contribution in [0.25, 0.3) is 0 Å². The number of pyridine rings is 1. The number of aromatic nitrogens is 1. The maximum absolute atomic E-state index is 4.61. The van der Waals surface area contributed by atoms with E-state index in [-0.39, 0.29) is 5.54 Å². The van der Waals surface area contributed by atoms with Gasteiger partial charge in [0.2, 0.25) is 0 Å². The van der Waals surface area contributed by atoms with Gasteiger partial charge in [0.15, 0.2) is 0 Å². The van der Waals surface area contributed by atoms with E-state index in [1.165, 1.54) is 11.3 Å². The van der Waals surface area contributed by atoms with Crippen LogP contribution in [-0.2, 0) is 6.42 Å². The second-order valence-corrected chi connectivity index (χ2v) is 6.11. The first-order valence-electron chi connectivity index (χ1n) is 6.90. The molecule has 1 aliphatic rings. The van der Waals surface area contributed by atoms with Crippen LogP contribution in [-0.4, -0.2) is 17.1 Å². The Kier molecular flexibility index (Phi) is 4.18. The van der Waals surface area contributed by atoms with Gasteiger partial charge in [0.25, 0.3) is 0 Å². The Morgan fingerprint density at radius 2 is 2.00 bits per heavy atom. The van der Waals surface area contributed by atoms with E-state index in [9.17, 15) is 0 Å². The minimum Gasteiger partial charge on any atom is -0.312 e. The third-order valence-corrected chi connectivity index (χ3v) is 3.37. The van der Waals surface area contributed by atoms with Gasteiger partial charge in [-0.2, -0.15) is 0 Å². The first-order chi connectivity index (χ1) is 8.56. The lowest BCUT2D eigenvalue weighted by Crippen LogP contribution is -2.37. The Bertz CT molecular complexity index is 407. The van der Waals surface area contributed by atoms with Gasteiger partial charge in [0.05, 0.1) is 0 Å². The predicted molar refractivity (Wildman–Crippen MR) is 76.8 cm³/mol. The molecule has 0 atom stereocenters. The van der Waals surface area contributed by atoms with Crippen LogP contribution in [0, 0.1) is 0 Å². The molecule has 0 amide bonds. The number of rotatable bonds is 4. The standard InChI is InChI=1S/C16H24N2/c1-16(2,3)18-12-10-14-9-6-11-17-15(14)13-7-4-5-8-13/h4-6,9,11,13,18H,7-8,10,12H2,1-3H3. The molecule has 0 saturated heterocycles. The lowest BCUT2D eigenvalue weighted by molar-refractivity contribution is 0.429. The number of hydrogen-bond acceptors (Lipinski definition) is 2. The fourth-order valence-corrected chi connectivity index (χ4v) is 2.44. The van der Waals surface area contributed by atoms with Gasteiger partial charge < -0.3 is 5.32 Å². The van der Waals surface area contributed by atoms with Crippen molar-refractivity contribution < 1.29 is 0 Å². The molecule has 1 N–H and O–H groups in total. The van der Waals surface area contributed by atoms with Gasteiger partial charge >= 0.3 is 0 Å². The molecule has 2 rings (SSSR count). The van der Waals surface area contributed by atoms with Crippen molar-refractivity contribution in [3.05, 3.63) is 41.7 Å². The van der Waals surface area contributed by atoms with E-state index in [1.54, 1.807) is 0 Å². The molecule has 1 heterocycles. The van der Waals surface area contributed by atoms with Crippen molar-refractivity contribution in [2.45, 2.75) is 51.5 Å². The van der Waals surface area contributed by atoms with Gasteiger partial charge in [-0.1, -0.05) is 18.2 Å². The molecular formula is C16H24N2. The fourth-order valence-electron chi connectivity index (χ4n) is 2.44. The summed E-state index contributed by atoms with van der Waals surface area (Å²) in [7, 11) is 0. The summed E-state index contributed by atoms with van der Waals surface area (Å²) in [4.78, 5) is 4.61. The normalized spacial score (nSPS) is 16.4. The SMILES string of the molecule is CC(C)(C)NCCc1cccnc1C1CC=CC1. The van der Waals surface area contributed by atoms with Crippen molar-refractivity contribution in [3.63, 3.8) is 0 Å². The van der Waals surface area contributed by atoms with Crippen molar-refractivity contribution >= 4 is 0 Å². The Labute approximate surface area is 111 Å². The molecule has 0 radical (unpaired) electrons. The molecule has 0 bridgehead atoms. The summed E-state index contributed by atoms with van der Waals surface area (Å²) in [6.07, 6.45) is 9.84.